The van der Waals surface area contributed by atoms with Crippen LogP contribution in [-0.4, -0.2) is 35.2 Å². The van der Waals surface area contributed by atoms with Crippen LogP contribution in [0.5, 0.6) is 0 Å². The molecule has 0 aromatic carbocycles. The number of piperidine rings is 1. The molecule has 2 heterocycles. The lowest BCUT2D eigenvalue weighted by molar-refractivity contribution is -0.525. The maximum Gasteiger partial charge on any atom is 0.309 e. The molecule has 1 aromatic heterocycles. The van der Waals surface area contributed by atoms with Crippen molar-refractivity contribution in [3.05, 3.63) is 34.5 Å². The summed E-state index contributed by atoms with van der Waals surface area (Å²) >= 11 is 0. The Hall–Kier alpha value is -2.18. The molecular weight excluding hydrogens is 262 g/mol. The smallest absolute Gasteiger partial charge is 0.309 e. The number of ether oxygens (including phenoxy) is 1. The van der Waals surface area contributed by atoms with E-state index in [1.165, 1.54) is 0 Å². The van der Waals surface area contributed by atoms with E-state index in [1.54, 1.807) is 36.2 Å². The van der Waals surface area contributed by atoms with Crippen molar-refractivity contribution >= 4 is 11.8 Å². The number of hydrogen-bond donors (Lipinski definition) is 0. The molecule has 108 valence electrons. The summed E-state index contributed by atoms with van der Waals surface area (Å²) in [7, 11) is 0. The zero-order valence-electron chi connectivity index (χ0n) is 11.3. The summed E-state index contributed by atoms with van der Waals surface area (Å²) in [6, 6.07) is 5.29. The number of nitrogens with zero attached hydrogens (tertiary/aromatic N) is 3. The van der Waals surface area contributed by atoms with Gasteiger partial charge in [0, 0.05) is 24.1 Å². The Morgan fingerprint density at radius 1 is 1.60 bits per heavy atom. The number of carbonyl (C=O) groups excluding carboxylic acids is 1. The van der Waals surface area contributed by atoms with Gasteiger partial charge in [-0.1, -0.05) is 6.07 Å². The van der Waals surface area contributed by atoms with Gasteiger partial charge in [-0.05, 0) is 25.5 Å². The molecule has 1 aliphatic heterocycles. The molecule has 0 aliphatic carbocycles. The van der Waals surface area contributed by atoms with Crippen LogP contribution < -0.4 is 4.90 Å². The lowest BCUT2D eigenvalue weighted by atomic mass is 9.94. The summed E-state index contributed by atoms with van der Waals surface area (Å²) in [5.74, 6) is -0.193. The molecule has 0 N–H and O–H groups in total. The maximum atomic E-state index is 11.7. The summed E-state index contributed by atoms with van der Waals surface area (Å²) < 4.78 is 4.95. The van der Waals surface area contributed by atoms with Crippen molar-refractivity contribution in [2.45, 2.75) is 25.9 Å². The first kappa shape index (κ1) is 14.2. The first-order valence-corrected chi connectivity index (χ1v) is 6.61. The van der Waals surface area contributed by atoms with Gasteiger partial charge >= 0.3 is 5.97 Å². The molecule has 0 amide bonds. The largest absolute Gasteiger partial charge is 0.466 e. The van der Waals surface area contributed by atoms with Crippen molar-refractivity contribution in [2.24, 2.45) is 5.92 Å². The molecule has 7 heteroatoms. The van der Waals surface area contributed by atoms with E-state index in [4.69, 9.17) is 4.74 Å². The van der Waals surface area contributed by atoms with E-state index in [2.05, 4.69) is 4.98 Å². The molecule has 0 saturated carbocycles. The van der Waals surface area contributed by atoms with Gasteiger partial charge in [-0.15, -0.1) is 0 Å². The van der Waals surface area contributed by atoms with Crippen LogP contribution in [0.3, 0.4) is 0 Å². The molecule has 0 bridgehead atoms. The Labute approximate surface area is 116 Å². The van der Waals surface area contributed by atoms with Crippen LogP contribution in [-0.2, 0) is 9.53 Å². The number of carbonyl (C=O) groups is 1. The van der Waals surface area contributed by atoms with E-state index in [9.17, 15) is 14.9 Å². The van der Waals surface area contributed by atoms with Gasteiger partial charge in [0.2, 0.25) is 0 Å². The molecule has 20 heavy (non-hydrogen) atoms. The number of aromatic nitrogens is 1. The molecule has 7 nitrogen and oxygen atoms in total. The van der Waals surface area contributed by atoms with Crippen molar-refractivity contribution in [1.29, 1.82) is 0 Å². The SMILES string of the molecule is CCOC(=O)C1CCN(c2ccccn2)C([N+](=O)[O-])C1. The van der Waals surface area contributed by atoms with E-state index < -0.39 is 12.1 Å². The molecule has 1 aliphatic rings. The van der Waals surface area contributed by atoms with Crippen molar-refractivity contribution in [2.75, 3.05) is 18.1 Å². The van der Waals surface area contributed by atoms with Crippen molar-refractivity contribution in [1.82, 2.24) is 4.98 Å². The van der Waals surface area contributed by atoms with E-state index in [0.29, 0.717) is 25.4 Å². The van der Waals surface area contributed by atoms with Crippen LogP contribution in [0.15, 0.2) is 24.4 Å². The van der Waals surface area contributed by atoms with Crippen LogP contribution in [0.2, 0.25) is 0 Å². The normalized spacial score (nSPS) is 22.4. The van der Waals surface area contributed by atoms with Gasteiger partial charge in [0.05, 0.1) is 12.5 Å². The molecular formula is C13H17N3O4. The van der Waals surface area contributed by atoms with Crippen LogP contribution in [0.4, 0.5) is 5.82 Å². The Bertz CT molecular complexity index is 480. The number of esters is 1. The molecule has 0 spiro atoms. The van der Waals surface area contributed by atoms with Gasteiger partial charge in [0.15, 0.2) is 0 Å². The van der Waals surface area contributed by atoms with Gasteiger partial charge in [-0.2, -0.15) is 0 Å². The third-order valence-corrected chi connectivity index (χ3v) is 3.38. The standard InChI is InChI=1S/C13H17N3O4/c1-2-20-13(17)10-6-8-15(12(9-10)16(18)19)11-5-3-4-7-14-11/h3-5,7,10,12H,2,6,8-9H2,1H3. The second kappa shape index (κ2) is 6.31. The highest BCUT2D eigenvalue weighted by atomic mass is 16.6. The molecule has 2 atom stereocenters. The fraction of sp³-hybridized carbons (Fsp3) is 0.538. The number of hydrogen-bond acceptors (Lipinski definition) is 6. The Kier molecular flexibility index (Phi) is 4.49. The summed E-state index contributed by atoms with van der Waals surface area (Å²) in [6.07, 6.45) is 1.36. The predicted octanol–water partition coefficient (Wildman–Crippen LogP) is 1.46. The Morgan fingerprint density at radius 3 is 3.00 bits per heavy atom. The van der Waals surface area contributed by atoms with Crippen LogP contribution >= 0.6 is 0 Å². The van der Waals surface area contributed by atoms with E-state index >= 15 is 0 Å². The third-order valence-electron chi connectivity index (χ3n) is 3.38. The molecule has 1 aromatic rings. The topological polar surface area (TPSA) is 85.6 Å². The highest BCUT2D eigenvalue weighted by Gasteiger charge is 2.40. The van der Waals surface area contributed by atoms with Gasteiger partial charge in [-0.3, -0.25) is 19.8 Å². The second-order valence-electron chi connectivity index (χ2n) is 4.62. The highest BCUT2D eigenvalue weighted by molar-refractivity contribution is 5.72. The monoisotopic (exact) mass is 279 g/mol. The molecule has 2 rings (SSSR count). The number of nitro groups is 1. The first-order valence-electron chi connectivity index (χ1n) is 6.61. The minimum atomic E-state index is -0.937. The second-order valence-corrected chi connectivity index (χ2v) is 4.62. The summed E-state index contributed by atoms with van der Waals surface area (Å²) in [6.45, 7) is 2.44. The molecule has 0 radical (unpaired) electrons. The fourth-order valence-electron chi connectivity index (χ4n) is 2.41. The predicted molar refractivity (Wildman–Crippen MR) is 71.7 cm³/mol. The zero-order chi connectivity index (χ0) is 14.5. The summed E-state index contributed by atoms with van der Waals surface area (Å²) in [4.78, 5) is 28.4. The lowest BCUT2D eigenvalue weighted by Gasteiger charge is -2.33. The minimum absolute atomic E-state index is 0.155. The molecule has 1 fully saturated rings. The summed E-state index contributed by atoms with van der Waals surface area (Å²) in [5.41, 5.74) is 0. The first-order chi connectivity index (χ1) is 9.63. The third kappa shape index (κ3) is 3.04. The van der Waals surface area contributed by atoms with Gasteiger partial charge in [0.25, 0.3) is 6.17 Å². The van der Waals surface area contributed by atoms with E-state index in [-0.39, 0.29) is 17.3 Å². The highest BCUT2D eigenvalue weighted by Crippen LogP contribution is 2.28. The van der Waals surface area contributed by atoms with Crippen LogP contribution in [0.1, 0.15) is 19.8 Å². The number of rotatable bonds is 4. The van der Waals surface area contributed by atoms with Crippen molar-refractivity contribution in [3.8, 4) is 0 Å². The lowest BCUT2D eigenvalue weighted by Crippen LogP contribution is -2.49. The Morgan fingerprint density at radius 2 is 2.40 bits per heavy atom. The van der Waals surface area contributed by atoms with Gasteiger partial charge < -0.3 is 4.74 Å². The quantitative estimate of drug-likeness (QED) is 0.471. The van der Waals surface area contributed by atoms with Gasteiger partial charge in [0.1, 0.15) is 5.82 Å². The van der Waals surface area contributed by atoms with Gasteiger partial charge in [-0.25, -0.2) is 4.98 Å². The maximum absolute atomic E-state index is 11.7. The van der Waals surface area contributed by atoms with E-state index in [0.717, 1.165) is 0 Å². The molecule has 2 unspecified atom stereocenters. The minimum Gasteiger partial charge on any atom is -0.466 e. The summed E-state index contributed by atoms with van der Waals surface area (Å²) in [5, 5.41) is 11.2. The zero-order valence-corrected chi connectivity index (χ0v) is 11.3. The van der Waals surface area contributed by atoms with Crippen molar-refractivity contribution in [3.63, 3.8) is 0 Å². The Balaban J connectivity index is 2.13. The van der Waals surface area contributed by atoms with Crippen LogP contribution in [0, 0.1) is 16.0 Å². The van der Waals surface area contributed by atoms with Crippen LogP contribution in [0.25, 0.3) is 0 Å². The number of anilines is 1. The fourth-order valence-corrected chi connectivity index (χ4v) is 2.41. The average molecular weight is 279 g/mol. The average Bonchev–Trinajstić information content (AvgIpc) is 2.47. The number of pyridine rings is 1. The molecule has 1 saturated heterocycles. The van der Waals surface area contributed by atoms with Crippen molar-refractivity contribution < 1.29 is 14.5 Å². The van der Waals surface area contributed by atoms with E-state index in [1.807, 2.05) is 0 Å².